The summed E-state index contributed by atoms with van der Waals surface area (Å²) in [6, 6.07) is 14.1. The molecule has 0 aliphatic carbocycles. The van der Waals surface area contributed by atoms with E-state index in [0.717, 1.165) is 20.8 Å². The summed E-state index contributed by atoms with van der Waals surface area (Å²) < 4.78 is 20.5. The molecule has 0 bridgehead atoms. The lowest BCUT2D eigenvalue weighted by Crippen LogP contribution is -2.05. The Balaban J connectivity index is 1.51. The second-order valence-corrected chi connectivity index (χ2v) is 7.69. The molecule has 5 aromatic rings. The summed E-state index contributed by atoms with van der Waals surface area (Å²) in [5, 5.41) is 6.37. The van der Waals surface area contributed by atoms with Crippen molar-refractivity contribution in [3.63, 3.8) is 0 Å². The number of imidazole rings is 1. The lowest BCUT2D eigenvalue weighted by Gasteiger charge is -2.06. The molecule has 9 heteroatoms. The van der Waals surface area contributed by atoms with Crippen LogP contribution in [0.25, 0.3) is 27.9 Å². The predicted octanol–water partition coefficient (Wildman–Crippen LogP) is 4.42. The van der Waals surface area contributed by atoms with Gasteiger partial charge in [0.25, 0.3) is 5.78 Å². The van der Waals surface area contributed by atoms with E-state index in [0.29, 0.717) is 17.0 Å². The molecule has 0 amide bonds. The summed E-state index contributed by atoms with van der Waals surface area (Å²) in [7, 11) is 1.21. The van der Waals surface area contributed by atoms with Gasteiger partial charge < -0.3 is 4.74 Å². The summed E-state index contributed by atoms with van der Waals surface area (Å²) in [5.41, 5.74) is 1.72. The zero-order valence-corrected chi connectivity index (χ0v) is 17.0. The van der Waals surface area contributed by atoms with Crippen molar-refractivity contribution < 1.29 is 13.9 Å². The van der Waals surface area contributed by atoms with Gasteiger partial charge in [-0.05, 0) is 36.4 Å². The number of halogens is 1. The summed E-state index contributed by atoms with van der Waals surface area (Å²) in [6.45, 7) is 0. The quantitative estimate of drug-likeness (QED) is 0.390. The van der Waals surface area contributed by atoms with Crippen molar-refractivity contribution in [1.29, 1.82) is 0 Å². The van der Waals surface area contributed by atoms with E-state index in [-0.39, 0.29) is 5.56 Å². The number of hydrogen-bond acceptors (Lipinski definition) is 7. The maximum atomic E-state index is 14.3. The Morgan fingerprint density at radius 1 is 1.06 bits per heavy atom. The summed E-state index contributed by atoms with van der Waals surface area (Å²) in [6.07, 6.45) is 4.97. The minimum absolute atomic E-state index is 0.134. The van der Waals surface area contributed by atoms with E-state index in [1.54, 1.807) is 23.0 Å². The van der Waals surface area contributed by atoms with Crippen LogP contribution in [0.5, 0.6) is 0 Å². The van der Waals surface area contributed by atoms with Gasteiger partial charge >= 0.3 is 5.97 Å². The molecular weight excluding hydrogens is 417 g/mol. The molecule has 31 heavy (non-hydrogen) atoms. The lowest BCUT2D eigenvalue weighted by molar-refractivity contribution is 0.0595. The molecule has 0 N–H and O–H groups in total. The number of rotatable bonds is 4. The highest BCUT2D eigenvalue weighted by atomic mass is 32.2. The minimum atomic E-state index is -0.732. The van der Waals surface area contributed by atoms with Crippen LogP contribution in [0.3, 0.4) is 0 Å². The van der Waals surface area contributed by atoms with Crippen molar-refractivity contribution in [2.24, 2.45) is 0 Å². The van der Waals surface area contributed by atoms with Gasteiger partial charge in [0.1, 0.15) is 16.5 Å². The van der Waals surface area contributed by atoms with Crippen LogP contribution in [0.4, 0.5) is 4.39 Å². The second kappa shape index (κ2) is 7.77. The van der Waals surface area contributed by atoms with Crippen LogP contribution < -0.4 is 0 Å². The molecule has 3 aromatic heterocycles. The lowest BCUT2D eigenvalue weighted by atomic mass is 10.1. The number of hydrogen-bond donors (Lipinski definition) is 0. The van der Waals surface area contributed by atoms with E-state index < -0.39 is 11.8 Å². The van der Waals surface area contributed by atoms with E-state index in [9.17, 15) is 9.18 Å². The van der Waals surface area contributed by atoms with Crippen LogP contribution in [-0.4, -0.2) is 37.6 Å². The SMILES string of the molecule is COC(=O)c1ccc(-c2cnc3ncc(Sc4ccc5ncccc5c4)n3n2)cc1F. The van der Waals surface area contributed by atoms with Crippen LogP contribution in [0, 0.1) is 5.82 Å². The van der Waals surface area contributed by atoms with Crippen LogP contribution in [-0.2, 0) is 4.74 Å². The van der Waals surface area contributed by atoms with E-state index in [4.69, 9.17) is 0 Å². The Kier molecular flexibility index (Phi) is 4.79. The zero-order chi connectivity index (χ0) is 21.4. The standard InChI is InChI=1S/C22H14FN5O2S/c1-30-21(29)16-6-4-14(10-17(16)23)19-11-25-22-26-12-20(28(22)27-19)31-15-5-7-18-13(9-15)3-2-8-24-18/h2-12H,1H3. The Morgan fingerprint density at radius 3 is 2.77 bits per heavy atom. The van der Waals surface area contributed by atoms with E-state index in [2.05, 4.69) is 24.8 Å². The average molecular weight is 431 g/mol. The van der Waals surface area contributed by atoms with Gasteiger partial charge in [-0.3, -0.25) is 4.98 Å². The third-order valence-corrected chi connectivity index (χ3v) is 5.64. The van der Waals surface area contributed by atoms with Crippen molar-refractivity contribution in [3.8, 4) is 11.3 Å². The molecule has 152 valence electrons. The first-order chi connectivity index (χ1) is 15.1. The van der Waals surface area contributed by atoms with E-state index in [1.807, 2.05) is 30.3 Å². The number of carbonyl (C=O) groups excluding carboxylic acids is 1. The third kappa shape index (κ3) is 3.59. The Bertz CT molecular complexity index is 1450. The molecule has 0 unspecified atom stereocenters. The van der Waals surface area contributed by atoms with Crippen molar-refractivity contribution in [3.05, 3.63) is 78.5 Å². The van der Waals surface area contributed by atoms with Crippen LogP contribution in [0.2, 0.25) is 0 Å². The fourth-order valence-electron chi connectivity index (χ4n) is 3.15. The highest BCUT2D eigenvalue weighted by Crippen LogP contribution is 2.30. The van der Waals surface area contributed by atoms with Crippen molar-refractivity contribution >= 4 is 34.4 Å². The Hall–Kier alpha value is -3.85. The number of esters is 1. The average Bonchev–Trinajstić information content (AvgIpc) is 3.20. The summed E-state index contributed by atoms with van der Waals surface area (Å²) in [4.78, 5) is 25.6. The first-order valence-electron chi connectivity index (χ1n) is 9.24. The molecule has 0 spiro atoms. The van der Waals surface area contributed by atoms with E-state index in [1.165, 1.54) is 37.2 Å². The molecular formula is C22H14FN5O2S. The van der Waals surface area contributed by atoms with Crippen LogP contribution in [0.15, 0.2) is 77.0 Å². The first-order valence-corrected chi connectivity index (χ1v) is 10.1. The van der Waals surface area contributed by atoms with Crippen molar-refractivity contribution in [2.75, 3.05) is 7.11 Å². The number of ether oxygens (including phenoxy) is 1. The highest BCUT2D eigenvalue weighted by Gasteiger charge is 2.15. The second-order valence-electron chi connectivity index (χ2n) is 6.60. The van der Waals surface area contributed by atoms with Gasteiger partial charge in [0.2, 0.25) is 0 Å². The summed E-state index contributed by atoms with van der Waals surface area (Å²) in [5.74, 6) is -0.985. The molecule has 2 aromatic carbocycles. The maximum Gasteiger partial charge on any atom is 0.340 e. The van der Waals surface area contributed by atoms with E-state index >= 15 is 0 Å². The van der Waals surface area contributed by atoms with Gasteiger partial charge in [-0.1, -0.05) is 23.9 Å². The summed E-state index contributed by atoms with van der Waals surface area (Å²) >= 11 is 1.49. The smallest absolute Gasteiger partial charge is 0.340 e. The van der Waals surface area contributed by atoms with Gasteiger partial charge in [0.15, 0.2) is 0 Å². The fourth-order valence-corrected chi connectivity index (χ4v) is 4.02. The first kappa shape index (κ1) is 19.1. The van der Waals surface area contributed by atoms with Crippen LogP contribution in [0.1, 0.15) is 10.4 Å². The molecule has 0 radical (unpaired) electrons. The molecule has 0 atom stereocenters. The third-order valence-electron chi connectivity index (χ3n) is 4.67. The topological polar surface area (TPSA) is 82.3 Å². The normalized spacial score (nSPS) is 11.2. The number of aromatic nitrogens is 5. The maximum absolute atomic E-state index is 14.3. The Labute approximate surface area is 179 Å². The van der Waals surface area contributed by atoms with Crippen molar-refractivity contribution in [1.82, 2.24) is 24.6 Å². The zero-order valence-electron chi connectivity index (χ0n) is 16.2. The predicted molar refractivity (Wildman–Crippen MR) is 113 cm³/mol. The molecule has 5 rings (SSSR count). The van der Waals surface area contributed by atoms with Gasteiger partial charge in [-0.25, -0.2) is 19.2 Å². The van der Waals surface area contributed by atoms with Crippen LogP contribution >= 0.6 is 11.8 Å². The molecule has 0 aliphatic rings. The Morgan fingerprint density at radius 2 is 1.94 bits per heavy atom. The number of fused-ring (bicyclic) bond motifs is 2. The molecule has 0 saturated carbocycles. The number of carbonyl (C=O) groups is 1. The van der Waals surface area contributed by atoms with Gasteiger partial charge in [-0.15, -0.1) is 0 Å². The van der Waals surface area contributed by atoms with Crippen molar-refractivity contribution in [2.45, 2.75) is 9.92 Å². The number of methoxy groups -OCH3 is 1. The largest absolute Gasteiger partial charge is 0.465 e. The molecule has 0 fully saturated rings. The molecule has 0 saturated heterocycles. The number of pyridine rings is 1. The van der Waals surface area contributed by atoms with Gasteiger partial charge in [-0.2, -0.15) is 9.61 Å². The van der Waals surface area contributed by atoms with Gasteiger partial charge in [0, 0.05) is 22.0 Å². The van der Waals surface area contributed by atoms with Gasteiger partial charge in [0.05, 0.1) is 30.6 Å². The molecule has 7 nitrogen and oxygen atoms in total. The minimum Gasteiger partial charge on any atom is -0.465 e. The number of benzene rings is 2. The molecule has 3 heterocycles. The number of nitrogens with zero attached hydrogens (tertiary/aromatic N) is 5. The molecule has 0 aliphatic heterocycles. The monoisotopic (exact) mass is 431 g/mol. The fraction of sp³-hybridized carbons (Fsp3) is 0.0455. The highest BCUT2D eigenvalue weighted by molar-refractivity contribution is 7.99.